The summed E-state index contributed by atoms with van der Waals surface area (Å²) in [7, 11) is 1.91. The van der Waals surface area contributed by atoms with Crippen molar-refractivity contribution in [2.45, 2.75) is 56.2 Å². The maximum Gasteiger partial charge on any atom is 0.267 e. The predicted octanol–water partition coefficient (Wildman–Crippen LogP) is 0.750. The molecule has 124 valence electrons. The number of thiol groups is 1. The minimum absolute atomic E-state index is 0.0350. The molecule has 0 aliphatic carbocycles. The summed E-state index contributed by atoms with van der Waals surface area (Å²) in [6.07, 6.45) is 3.06. The molecule has 0 radical (unpaired) electrons. The summed E-state index contributed by atoms with van der Waals surface area (Å²) >= 11 is 4.18. The Morgan fingerprint density at radius 3 is 3.00 bits per heavy atom. The van der Waals surface area contributed by atoms with Crippen molar-refractivity contribution in [3.8, 4) is 0 Å². The summed E-state index contributed by atoms with van der Waals surface area (Å²) in [5, 5.41) is 4.88. The maximum atomic E-state index is 11.7. The van der Waals surface area contributed by atoms with E-state index in [1.54, 1.807) is 5.17 Å². The van der Waals surface area contributed by atoms with E-state index in [0.717, 1.165) is 19.3 Å². The summed E-state index contributed by atoms with van der Waals surface area (Å²) in [4.78, 5) is 24.3. The maximum absolute atomic E-state index is 11.7. The lowest BCUT2D eigenvalue weighted by molar-refractivity contribution is -0.148. The fraction of sp³-hybridized carbons (Fsp3) is 0.692. The summed E-state index contributed by atoms with van der Waals surface area (Å²) in [5.41, 5.74) is 8.23. The second kappa shape index (κ2) is 7.32. The van der Waals surface area contributed by atoms with E-state index in [1.807, 2.05) is 7.05 Å². The molecule has 1 aliphatic heterocycles. The van der Waals surface area contributed by atoms with E-state index in [0.29, 0.717) is 0 Å². The molecule has 0 saturated carbocycles. The molecule has 0 bridgehead atoms. The number of nitrogens with one attached hydrogen (secondary N) is 3. The van der Waals surface area contributed by atoms with Crippen molar-refractivity contribution in [2.24, 2.45) is 0 Å². The van der Waals surface area contributed by atoms with Crippen LogP contribution in [0.25, 0.3) is 0 Å². The van der Waals surface area contributed by atoms with Crippen LogP contribution in [0.3, 0.4) is 0 Å². The van der Waals surface area contributed by atoms with E-state index in [4.69, 9.17) is 10.6 Å². The van der Waals surface area contributed by atoms with Crippen LogP contribution in [0.1, 0.15) is 33.1 Å². The zero-order valence-electron chi connectivity index (χ0n) is 13.1. The van der Waals surface area contributed by atoms with E-state index < -0.39 is 0 Å². The number of hydroxylamine groups is 1. The lowest BCUT2D eigenvalue weighted by Gasteiger charge is -2.27. The van der Waals surface area contributed by atoms with Gasteiger partial charge in [-0.2, -0.15) is 4.98 Å². The molecule has 5 N–H and O–H groups in total. The molecule has 2 heterocycles. The predicted molar refractivity (Wildman–Crippen MR) is 88.7 cm³/mol. The van der Waals surface area contributed by atoms with Crippen molar-refractivity contribution >= 4 is 24.4 Å². The number of hydrogen-bond acceptors (Lipinski definition) is 8. The van der Waals surface area contributed by atoms with E-state index in [9.17, 15) is 4.79 Å². The van der Waals surface area contributed by atoms with Gasteiger partial charge in [0.05, 0.1) is 12.1 Å². The number of nitrogens with two attached hydrogens (primary N) is 1. The number of nitrogen functional groups attached to an aromatic ring is 1. The number of hydrogen-bond donors (Lipinski definition) is 5. The summed E-state index contributed by atoms with van der Waals surface area (Å²) < 4.78 is 0. The standard InChI is InChI=1S/C13H24N6O2S/c1-4-5-8-6-9(7(2)15-3)19(21-8)18-11-10(22)12(20)17-13(14)16-11/h7-9,15,22H,4-6H2,1-3H3,(H4,14,16,17,18,20). The Balaban J connectivity index is 2.20. The first-order chi connectivity index (χ1) is 10.5. The molecule has 0 spiro atoms. The molecular weight excluding hydrogens is 304 g/mol. The lowest BCUT2D eigenvalue weighted by Crippen LogP contribution is -2.46. The van der Waals surface area contributed by atoms with Crippen molar-refractivity contribution in [3.05, 3.63) is 10.4 Å². The molecule has 1 aromatic heterocycles. The van der Waals surface area contributed by atoms with Crippen molar-refractivity contribution in [3.63, 3.8) is 0 Å². The average Bonchev–Trinajstić information content (AvgIpc) is 2.86. The molecule has 3 unspecified atom stereocenters. The van der Waals surface area contributed by atoms with Crippen LogP contribution in [0.2, 0.25) is 0 Å². The smallest absolute Gasteiger partial charge is 0.267 e. The molecule has 2 rings (SSSR count). The Hall–Kier alpha value is -1.29. The van der Waals surface area contributed by atoms with Crippen LogP contribution in [0.4, 0.5) is 11.8 Å². The Bertz CT molecular complexity index is 566. The third-order valence-electron chi connectivity index (χ3n) is 3.84. The van der Waals surface area contributed by atoms with Gasteiger partial charge < -0.3 is 11.1 Å². The van der Waals surface area contributed by atoms with Crippen molar-refractivity contribution in [1.82, 2.24) is 20.5 Å². The quantitative estimate of drug-likeness (QED) is 0.490. The Kier molecular flexibility index (Phi) is 5.68. The summed E-state index contributed by atoms with van der Waals surface area (Å²) in [5.74, 6) is 0.322. The monoisotopic (exact) mass is 328 g/mol. The first-order valence-electron chi connectivity index (χ1n) is 7.44. The van der Waals surface area contributed by atoms with Crippen LogP contribution in [0, 0.1) is 0 Å². The molecule has 1 aliphatic rings. The molecule has 1 fully saturated rings. The number of likely N-dealkylation sites (N-methyl/N-ethyl adjacent to an activating group) is 1. The highest BCUT2D eigenvalue weighted by molar-refractivity contribution is 7.80. The Morgan fingerprint density at radius 1 is 1.64 bits per heavy atom. The van der Waals surface area contributed by atoms with Crippen LogP contribution in [-0.2, 0) is 4.84 Å². The SMILES string of the molecule is CCCC1CC(C(C)NC)N(Nc2nc(N)[nH]c(=O)c2S)O1. The van der Waals surface area contributed by atoms with Gasteiger partial charge in [0.15, 0.2) is 5.82 Å². The molecule has 1 aromatic rings. The molecule has 8 nitrogen and oxygen atoms in total. The molecule has 22 heavy (non-hydrogen) atoms. The number of rotatable bonds is 6. The average molecular weight is 328 g/mol. The molecule has 0 amide bonds. The van der Waals surface area contributed by atoms with Crippen LogP contribution >= 0.6 is 12.6 Å². The van der Waals surface area contributed by atoms with Gasteiger partial charge >= 0.3 is 0 Å². The fourth-order valence-electron chi connectivity index (χ4n) is 2.52. The number of nitrogens with zero attached hydrogens (tertiary/aromatic N) is 2. The van der Waals surface area contributed by atoms with Gasteiger partial charge in [-0.05, 0) is 26.8 Å². The Morgan fingerprint density at radius 2 is 2.36 bits per heavy atom. The third kappa shape index (κ3) is 3.72. The minimum Gasteiger partial charge on any atom is -0.369 e. The van der Waals surface area contributed by atoms with Gasteiger partial charge in [0.25, 0.3) is 5.56 Å². The van der Waals surface area contributed by atoms with Crippen LogP contribution in [0.5, 0.6) is 0 Å². The summed E-state index contributed by atoms with van der Waals surface area (Å²) in [6, 6.07) is 0.314. The number of hydrazine groups is 1. The zero-order valence-corrected chi connectivity index (χ0v) is 14.0. The van der Waals surface area contributed by atoms with Gasteiger partial charge in [0.1, 0.15) is 4.90 Å². The van der Waals surface area contributed by atoms with Crippen LogP contribution in [0.15, 0.2) is 9.69 Å². The number of aromatic nitrogens is 2. The Labute approximate surface area is 135 Å². The van der Waals surface area contributed by atoms with Crippen LogP contribution in [-0.4, -0.2) is 40.4 Å². The second-order valence-electron chi connectivity index (χ2n) is 5.48. The van der Waals surface area contributed by atoms with Crippen LogP contribution < -0.4 is 22.0 Å². The summed E-state index contributed by atoms with van der Waals surface area (Å²) in [6.45, 7) is 4.21. The van der Waals surface area contributed by atoms with Crippen molar-refractivity contribution in [1.29, 1.82) is 0 Å². The molecule has 3 atom stereocenters. The van der Waals surface area contributed by atoms with E-state index in [1.165, 1.54) is 0 Å². The van der Waals surface area contributed by atoms with Gasteiger partial charge in [-0.15, -0.1) is 12.6 Å². The fourth-order valence-corrected chi connectivity index (χ4v) is 2.67. The topological polar surface area (TPSA) is 108 Å². The van der Waals surface area contributed by atoms with Gasteiger partial charge in [-0.1, -0.05) is 18.5 Å². The third-order valence-corrected chi connectivity index (χ3v) is 4.26. The molecule has 9 heteroatoms. The van der Waals surface area contributed by atoms with Gasteiger partial charge in [0.2, 0.25) is 5.95 Å². The normalized spacial score (nSPS) is 23.6. The number of H-pyrrole nitrogens is 1. The largest absolute Gasteiger partial charge is 0.369 e. The highest BCUT2D eigenvalue weighted by atomic mass is 32.1. The van der Waals surface area contributed by atoms with Gasteiger partial charge in [0, 0.05) is 6.04 Å². The lowest BCUT2D eigenvalue weighted by atomic mass is 10.0. The van der Waals surface area contributed by atoms with E-state index >= 15 is 0 Å². The highest BCUT2D eigenvalue weighted by Gasteiger charge is 2.37. The van der Waals surface area contributed by atoms with Gasteiger partial charge in [-0.3, -0.25) is 20.0 Å². The van der Waals surface area contributed by atoms with E-state index in [2.05, 4.69) is 47.2 Å². The molecular formula is C13H24N6O2S. The molecule has 0 aromatic carbocycles. The van der Waals surface area contributed by atoms with Gasteiger partial charge in [-0.25, -0.2) is 0 Å². The zero-order chi connectivity index (χ0) is 16.3. The minimum atomic E-state index is -0.388. The number of aromatic amines is 1. The number of anilines is 2. The highest BCUT2D eigenvalue weighted by Crippen LogP contribution is 2.27. The first-order valence-corrected chi connectivity index (χ1v) is 7.89. The first kappa shape index (κ1) is 17.1. The van der Waals surface area contributed by atoms with Crippen molar-refractivity contribution < 1.29 is 4.84 Å². The van der Waals surface area contributed by atoms with Crippen molar-refractivity contribution in [2.75, 3.05) is 18.2 Å². The second-order valence-corrected chi connectivity index (χ2v) is 5.93. The van der Waals surface area contributed by atoms with E-state index in [-0.39, 0.29) is 40.4 Å². The molecule has 1 saturated heterocycles.